The summed E-state index contributed by atoms with van der Waals surface area (Å²) in [5, 5.41) is 7.75. The van der Waals surface area contributed by atoms with Crippen molar-refractivity contribution in [2.24, 2.45) is 0 Å². The van der Waals surface area contributed by atoms with Crippen LogP contribution in [0.2, 0.25) is 0 Å². The minimum Gasteiger partial charge on any atom is -0.462 e. The fourth-order valence-electron chi connectivity index (χ4n) is 1.91. The fraction of sp³-hybridized carbons (Fsp3) is 0.357. The van der Waals surface area contributed by atoms with Crippen molar-refractivity contribution in [3.63, 3.8) is 0 Å². The lowest BCUT2D eigenvalue weighted by Crippen LogP contribution is -2.15. The van der Waals surface area contributed by atoms with Gasteiger partial charge in [0.2, 0.25) is 0 Å². The smallest absolute Gasteiger partial charge is 0.432 e. The molecule has 2 aromatic heterocycles. The third-order valence-electron chi connectivity index (χ3n) is 3.21. The molecule has 1 amide bonds. The number of thiophene rings is 1. The van der Waals surface area contributed by atoms with Crippen LogP contribution < -0.4 is 5.32 Å². The van der Waals surface area contributed by atoms with E-state index in [4.69, 9.17) is 4.74 Å². The molecule has 0 fully saturated rings. The molecule has 130 valence electrons. The topological polar surface area (TPSA) is 84.1 Å². The van der Waals surface area contributed by atoms with Crippen molar-refractivity contribution < 1.29 is 27.5 Å². The van der Waals surface area contributed by atoms with Gasteiger partial charge >= 0.3 is 12.1 Å². The standard InChI is InChI=1S/C14H14F3N3O3S/c1-4-23-13(22)10-6(2)7(3)24-12(10)18-11(21)8-5-9(20-19-8)14(15,16)17/h5H,4H2,1-3H3,(H,18,21)(H,19,20). The molecule has 0 unspecified atom stereocenters. The van der Waals surface area contributed by atoms with Crippen LogP contribution in [0.15, 0.2) is 6.07 Å². The Labute approximate surface area is 139 Å². The van der Waals surface area contributed by atoms with Gasteiger partial charge in [-0.3, -0.25) is 9.89 Å². The summed E-state index contributed by atoms with van der Waals surface area (Å²) >= 11 is 1.14. The molecule has 6 nitrogen and oxygen atoms in total. The molecule has 0 atom stereocenters. The maximum absolute atomic E-state index is 12.5. The second-order valence-corrected chi connectivity index (χ2v) is 6.05. The summed E-state index contributed by atoms with van der Waals surface area (Å²) in [5.41, 5.74) is -0.719. The number of carbonyl (C=O) groups excluding carboxylic acids is 2. The van der Waals surface area contributed by atoms with Gasteiger partial charge in [0, 0.05) is 10.9 Å². The molecule has 2 N–H and O–H groups in total. The second-order valence-electron chi connectivity index (χ2n) is 4.83. The van der Waals surface area contributed by atoms with Gasteiger partial charge in [-0.15, -0.1) is 11.3 Å². The maximum atomic E-state index is 12.5. The summed E-state index contributed by atoms with van der Waals surface area (Å²) in [6.45, 7) is 5.26. The normalized spacial score (nSPS) is 11.4. The number of alkyl halides is 3. The Morgan fingerprint density at radius 3 is 2.58 bits per heavy atom. The van der Waals surface area contributed by atoms with E-state index in [0.29, 0.717) is 11.6 Å². The number of nitrogens with zero attached hydrogens (tertiary/aromatic N) is 1. The van der Waals surface area contributed by atoms with Gasteiger partial charge in [-0.05, 0) is 26.3 Å². The Morgan fingerprint density at radius 1 is 1.38 bits per heavy atom. The molecular weight excluding hydrogens is 347 g/mol. The van der Waals surface area contributed by atoms with Crippen molar-refractivity contribution in [3.05, 3.63) is 33.5 Å². The van der Waals surface area contributed by atoms with E-state index in [0.717, 1.165) is 16.2 Å². The quantitative estimate of drug-likeness (QED) is 0.816. The highest BCUT2D eigenvalue weighted by molar-refractivity contribution is 7.16. The van der Waals surface area contributed by atoms with Crippen LogP contribution in [-0.4, -0.2) is 28.7 Å². The number of carbonyl (C=O) groups is 2. The summed E-state index contributed by atoms with van der Waals surface area (Å²) < 4.78 is 42.6. The Balaban J connectivity index is 2.28. The van der Waals surface area contributed by atoms with Gasteiger partial charge < -0.3 is 10.1 Å². The lowest BCUT2D eigenvalue weighted by atomic mass is 10.1. The molecule has 0 saturated carbocycles. The number of amides is 1. The van der Waals surface area contributed by atoms with E-state index in [1.54, 1.807) is 25.9 Å². The third-order valence-corrected chi connectivity index (χ3v) is 4.33. The van der Waals surface area contributed by atoms with E-state index in [9.17, 15) is 22.8 Å². The summed E-state index contributed by atoms with van der Waals surface area (Å²) in [4.78, 5) is 24.9. The van der Waals surface area contributed by atoms with Crippen LogP contribution in [0.5, 0.6) is 0 Å². The van der Waals surface area contributed by atoms with Crippen LogP contribution in [0.3, 0.4) is 0 Å². The first-order valence-corrected chi connectivity index (χ1v) is 7.67. The lowest BCUT2D eigenvalue weighted by molar-refractivity contribution is -0.141. The van der Waals surface area contributed by atoms with E-state index < -0.39 is 29.4 Å². The van der Waals surface area contributed by atoms with Gasteiger partial charge in [-0.1, -0.05) is 0 Å². The number of ether oxygens (including phenoxy) is 1. The Morgan fingerprint density at radius 2 is 2.04 bits per heavy atom. The maximum Gasteiger partial charge on any atom is 0.432 e. The number of rotatable bonds is 4. The number of anilines is 1. The zero-order valence-corrected chi connectivity index (χ0v) is 13.8. The number of esters is 1. The molecule has 10 heteroatoms. The van der Waals surface area contributed by atoms with Gasteiger partial charge in [-0.25, -0.2) is 4.79 Å². The Hall–Kier alpha value is -2.36. The van der Waals surface area contributed by atoms with Crippen molar-refractivity contribution in [2.45, 2.75) is 26.9 Å². The van der Waals surface area contributed by atoms with E-state index >= 15 is 0 Å². The summed E-state index contributed by atoms with van der Waals surface area (Å²) in [6.07, 6.45) is -4.63. The van der Waals surface area contributed by atoms with Crippen LogP contribution >= 0.6 is 11.3 Å². The van der Waals surface area contributed by atoms with E-state index in [1.165, 1.54) is 0 Å². The first-order chi connectivity index (χ1) is 11.1. The average Bonchev–Trinajstić information content (AvgIpc) is 3.05. The Kier molecular flexibility index (Phi) is 4.97. The van der Waals surface area contributed by atoms with Crippen molar-refractivity contribution in [1.29, 1.82) is 0 Å². The van der Waals surface area contributed by atoms with Gasteiger partial charge in [0.1, 0.15) is 10.7 Å². The molecule has 0 aliphatic carbocycles. The van der Waals surface area contributed by atoms with Gasteiger partial charge in [0.25, 0.3) is 5.91 Å². The van der Waals surface area contributed by atoms with Crippen LogP contribution in [-0.2, 0) is 10.9 Å². The predicted octanol–water partition coefficient (Wildman–Crippen LogP) is 3.54. The number of hydrogen-bond acceptors (Lipinski definition) is 5. The van der Waals surface area contributed by atoms with Crippen LogP contribution in [0.1, 0.15) is 43.9 Å². The summed E-state index contributed by atoms with van der Waals surface area (Å²) in [7, 11) is 0. The van der Waals surface area contributed by atoms with Gasteiger partial charge in [-0.2, -0.15) is 18.3 Å². The number of aryl methyl sites for hydroxylation is 1. The largest absolute Gasteiger partial charge is 0.462 e. The molecule has 0 saturated heterocycles. The number of nitrogens with one attached hydrogen (secondary N) is 2. The highest BCUT2D eigenvalue weighted by Crippen LogP contribution is 2.33. The molecule has 0 radical (unpaired) electrons. The number of hydrogen-bond donors (Lipinski definition) is 2. The van der Waals surface area contributed by atoms with Crippen LogP contribution in [0, 0.1) is 13.8 Å². The zero-order valence-electron chi connectivity index (χ0n) is 13.0. The van der Waals surface area contributed by atoms with E-state index in [2.05, 4.69) is 10.4 Å². The average molecular weight is 361 g/mol. The van der Waals surface area contributed by atoms with Crippen molar-refractivity contribution >= 4 is 28.2 Å². The number of halogens is 3. The number of aromatic nitrogens is 2. The highest BCUT2D eigenvalue weighted by Gasteiger charge is 2.34. The van der Waals surface area contributed by atoms with Crippen molar-refractivity contribution in [1.82, 2.24) is 10.2 Å². The second kappa shape index (κ2) is 6.63. The fourth-order valence-corrected chi connectivity index (χ4v) is 2.96. The van der Waals surface area contributed by atoms with Crippen molar-refractivity contribution in [3.8, 4) is 0 Å². The minimum absolute atomic E-state index is 0.162. The molecule has 2 rings (SSSR count). The Bertz CT molecular complexity index is 780. The lowest BCUT2D eigenvalue weighted by Gasteiger charge is -2.06. The van der Waals surface area contributed by atoms with Crippen LogP contribution in [0.25, 0.3) is 0 Å². The first kappa shape index (κ1) is 18.0. The first-order valence-electron chi connectivity index (χ1n) is 6.86. The molecule has 0 aliphatic rings. The molecule has 0 bridgehead atoms. The van der Waals surface area contributed by atoms with E-state index in [-0.39, 0.29) is 17.2 Å². The predicted molar refractivity (Wildman–Crippen MR) is 81.3 cm³/mol. The SMILES string of the molecule is CCOC(=O)c1c(NC(=O)c2cc(C(F)(F)F)[nH]n2)sc(C)c1C. The van der Waals surface area contributed by atoms with Gasteiger partial charge in [0.05, 0.1) is 12.2 Å². The molecule has 2 heterocycles. The van der Waals surface area contributed by atoms with Crippen molar-refractivity contribution in [2.75, 3.05) is 11.9 Å². The van der Waals surface area contributed by atoms with Crippen LogP contribution in [0.4, 0.5) is 18.2 Å². The molecular formula is C14H14F3N3O3S. The molecule has 24 heavy (non-hydrogen) atoms. The highest BCUT2D eigenvalue weighted by atomic mass is 32.1. The number of aromatic amines is 1. The van der Waals surface area contributed by atoms with E-state index in [1.807, 2.05) is 0 Å². The summed E-state index contributed by atoms with van der Waals surface area (Å²) in [6, 6.07) is 0.604. The molecule has 2 aromatic rings. The summed E-state index contributed by atoms with van der Waals surface area (Å²) in [5.74, 6) is -1.46. The molecule has 0 spiro atoms. The third kappa shape index (κ3) is 3.58. The zero-order chi connectivity index (χ0) is 18.1. The monoisotopic (exact) mass is 361 g/mol. The minimum atomic E-state index is -4.63. The molecule has 0 aliphatic heterocycles. The molecule has 0 aromatic carbocycles. The van der Waals surface area contributed by atoms with Gasteiger partial charge in [0.15, 0.2) is 5.69 Å². The number of H-pyrrole nitrogens is 1.